The van der Waals surface area contributed by atoms with Crippen molar-refractivity contribution in [3.8, 4) is 17.2 Å². The Kier molecular flexibility index (Phi) is 8.86. The molecular weight excluding hydrogens is 567 g/mol. The number of ether oxygens (including phenoxy) is 3. The molecule has 7 nitrogen and oxygen atoms in total. The van der Waals surface area contributed by atoms with E-state index < -0.39 is 0 Å². The third-order valence-electron chi connectivity index (χ3n) is 7.36. The largest absolute Gasteiger partial charge is 0.489 e. The molecular formula is C34H32ClFN4O3. The van der Waals surface area contributed by atoms with Gasteiger partial charge in [0.15, 0.2) is 0 Å². The van der Waals surface area contributed by atoms with Gasteiger partial charge in [-0.15, -0.1) is 0 Å². The number of rotatable bonds is 10. The second-order valence-electron chi connectivity index (χ2n) is 10.6. The van der Waals surface area contributed by atoms with Gasteiger partial charge in [-0.25, -0.2) is 14.4 Å². The average molecular weight is 599 g/mol. The van der Waals surface area contributed by atoms with E-state index in [1.54, 1.807) is 24.3 Å². The molecule has 2 heterocycles. The summed E-state index contributed by atoms with van der Waals surface area (Å²) in [6, 6.07) is 25.6. The number of fused-ring (bicyclic) bond motifs is 1. The zero-order valence-corrected chi connectivity index (χ0v) is 24.6. The Morgan fingerprint density at radius 3 is 2.44 bits per heavy atom. The van der Waals surface area contributed by atoms with Crippen molar-refractivity contribution in [2.24, 2.45) is 0 Å². The fourth-order valence-corrected chi connectivity index (χ4v) is 5.28. The molecule has 43 heavy (non-hydrogen) atoms. The van der Waals surface area contributed by atoms with E-state index in [4.69, 9.17) is 25.8 Å². The van der Waals surface area contributed by atoms with Gasteiger partial charge in [-0.3, -0.25) is 0 Å². The molecule has 6 rings (SSSR count). The lowest BCUT2D eigenvalue weighted by molar-refractivity contribution is 0.115. The molecule has 0 radical (unpaired) electrons. The van der Waals surface area contributed by atoms with E-state index in [0.29, 0.717) is 40.2 Å². The summed E-state index contributed by atoms with van der Waals surface area (Å²) in [5, 5.41) is 4.56. The molecule has 0 unspecified atom stereocenters. The van der Waals surface area contributed by atoms with Crippen molar-refractivity contribution in [2.75, 3.05) is 25.5 Å². The summed E-state index contributed by atoms with van der Waals surface area (Å²) in [5.41, 5.74) is 3.21. The first-order chi connectivity index (χ1) is 21.0. The summed E-state index contributed by atoms with van der Waals surface area (Å²) in [6.07, 6.45) is 3.44. The maximum atomic E-state index is 13.5. The standard InChI is InChI=1S/C34H32ClFN4O3/c1-40-14-12-27(13-15-40)43-32-19-28(41-20-23-6-3-2-4-7-23)18-30-33(32)34(38-22-37-30)39-26-10-11-31(29(35)17-26)42-21-24-8-5-9-25(36)16-24/h2-11,16-19,22,27H,12-15,20-21H2,1H3,(H,37,38,39). The third-order valence-corrected chi connectivity index (χ3v) is 7.66. The van der Waals surface area contributed by atoms with Crippen LogP contribution in [-0.4, -0.2) is 41.1 Å². The van der Waals surface area contributed by atoms with Crippen LogP contribution >= 0.6 is 11.6 Å². The fourth-order valence-electron chi connectivity index (χ4n) is 5.04. The van der Waals surface area contributed by atoms with Gasteiger partial charge in [0.25, 0.3) is 0 Å². The van der Waals surface area contributed by atoms with Crippen LogP contribution in [0, 0.1) is 5.82 Å². The number of anilines is 2. The molecule has 0 spiro atoms. The average Bonchev–Trinajstić information content (AvgIpc) is 3.01. The Morgan fingerprint density at radius 1 is 0.860 bits per heavy atom. The minimum Gasteiger partial charge on any atom is -0.489 e. The maximum Gasteiger partial charge on any atom is 0.145 e. The summed E-state index contributed by atoms with van der Waals surface area (Å²) in [6.45, 7) is 2.58. The van der Waals surface area contributed by atoms with E-state index in [9.17, 15) is 4.39 Å². The molecule has 4 aromatic carbocycles. The van der Waals surface area contributed by atoms with Gasteiger partial charge in [0, 0.05) is 30.9 Å². The highest BCUT2D eigenvalue weighted by atomic mass is 35.5. The molecule has 1 N–H and O–H groups in total. The van der Waals surface area contributed by atoms with Crippen molar-refractivity contribution in [1.82, 2.24) is 14.9 Å². The number of benzene rings is 4. The summed E-state index contributed by atoms with van der Waals surface area (Å²) in [7, 11) is 2.13. The number of nitrogens with zero attached hydrogens (tertiary/aromatic N) is 3. The van der Waals surface area contributed by atoms with Gasteiger partial charge in [0.2, 0.25) is 0 Å². The van der Waals surface area contributed by atoms with Crippen LogP contribution in [0.3, 0.4) is 0 Å². The van der Waals surface area contributed by atoms with Gasteiger partial charge in [-0.1, -0.05) is 54.1 Å². The van der Waals surface area contributed by atoms with Gasteiger partial charge < -0.3 is 24.4 Å². The Labute approximate surface area is 255 Å². The number of likely N-dealkylation sites (tertiary alicyclic amines) is 1. The molecule has 1 aliphatic rings. The van der Waals surface area contributed by atoms with Gasteiger partial charge in [0.1, 0.15) is 54.5 Å². The van der Waals surface area contributed by atoms with Crippen molar-refractivity contribution in [2.45, 2.75) is 32.2 Å². The van der Waals surface area contributed by atoms with Crippen LogP contribution in [0.15, 0.2) is 91.3 Å². The molecule has 0 saturated carbocycles. The zero-order chi connectivity index (χ0) is 29.6. The molecule has 0 amide bonds. The van der Waals surface area contributed by atoms with Crippen molar-refractivity contribution >= 4 is 34.0 Å². The van der Waals surface area contributed by atoms with Crippen LogP contribution in [0.1, 0.15) is 24.0 Å². The molecule has 1 fully saturated rings. The molecule has 5 aromatic rings. The molecule has 0 atom stereocenters. The normalized spacial score (nSPS) is 14.0. The first-order valence-electron chi connectivity index (χ1n) is 14.2. The number of piperidine rings is 1. The Morgan fingerprint density at radius 2 is 1.65 bits per heavy atom. The Hall–Kier alpha value is -4.40. The molecule has 0 aliphatic carbocycles. The zero-order valence-electron chi connectivity index (χ0n) is 23.8. The second kappa shape index (κ2) is 13.3. The number of hydrogen-bond acceptors (Lipinski definition) is 7. The summed E-state index contributed by atoms with van der Waals surface area (Å²) in [4.78, 5) is 11.4. The van der Waals surface area contributed by atoms with E-state index in [1.807, 2.05) is 48.5 Å². The predicted octanol–water partition coefficient (Wildman–Crippen LogP) is 7.80. The first-order valence-corrected chi connectivity index (χ1v) is 14.6. The number of halogens is 2. The monoisotopic (exact) mass is 598 g/mol. The topological polar surface area (TPSA) is 68.7 Å². The van der Waals surface area contributed by atoms with E-state index in [1.165, 1.54) is 18.5 Å². The highest BCUT2D eigenvalue weighted by Gasteiger charge is 2.21. The SMILES string of the molecule is CN1CCC(Oc2cc(OCc3ccccc3)cc3ncnc(Nc4ccc(OCc5cccc(F)c5)c(Cl)c4)c23)CC1. The molecule has 9 heteroatoms. The van der Waals surface area contributed by atoms with Crippen LogP contribution in [-0.2, 0) is 13.2 Å². The Bertz CT molecular complexity index is 1700. The maximum absolute atomic E-state index is 13.5. The highest BCUT2D eigenvalue weighted by molar-refractivity contribution is 6.32. The molecule has 220 valence electrons. The quantitative estimate of drug-likeness (QED) is 0.176. The van der Waals surface area contributed by atoms with E-state index >= 15 is 0 Å². The van der Waals surface area contributed by atoms with Crippen LogP contribution in [0.4, 0.5) is 15.9 Å². The van der Waals surface area contributed by atoms with Gasteiger partial charge in [-0.05, 0) is 61.3 Å². The minimum absolute atomic E-state index is 0.0702. The number of aromatic nitrogens is 2. The Balaban J connectivity index is 1.26. The van der Waals surface area contributed by atoms with Gasteiger partial charge in [-0.2, -0.15) is 0 Å². The van der Waals surface area contributed by atoms with E-state index in [-0.39, 0.29) is 18.5 Å². The molecule has 0 bridgehead atoms. The van der Waals surface area contributed by atoms with Crippen LogP contribution in [0.25, 0.3) is 10.9 Å². The van der Waals surface area contributed by atoms with Crippen molar-refractivity contribution in [1.29, 1.82) is 0 Å². The number of hydrogen-bond donors (Lipinski definition) is 1. The summed E-state index contributed by atoms with van der Waals surface area (Å²) >= 11 is 6.57. The summed E-state index contributed by atoms with van der Waals surface area (Å²) in [5.74, 6) is 2.12. The molecule has 1 aromatic heterocycles. The third kappa shape index (κ3) is 7.34. The molecule has 1 saturated heterocycles. The van der Waals surface area contributed by atoms with E-state index in [2.05, 4.69) is 27.2 Å². The highest BCUT2D eigenvalue weighted by Crippen LogP contribution is 2.38. The van der Waals surface area contributed by atoms with Crippen molar-refractivity contribution in [3.63, 3.8) is 0 Å². The second-order valence-corrected chi connectivity index (χ2v) is 11.0. The lowest BCUT2D eigenvalue weighted by Crippen LogP contribution is -2.35. The van der Waals surface area contributed by atoms with Crippen LogP contribution < -0.4 is 19.5 Å². The smallest absolute Gasteiger partial charge is 0.145 e. The predicted molar refractivity (Wildman–Crippen MR) is 167 cm³/mol. The fraction of sp³-hybridized carbons (Fsp3) is 0.235. The van der Waals surface area contributed by atoms with Crippen molar-refractivity contribution in [3.05, 3.63) is 113 Å². The van der Waals surface area contributed by atoms with Gasteiger partial charge in [0.05, 0.1) is 15.9 Å². The van der Waals surface area contributed by atoms with E-state index in [0.717, 1.165) is 48.1 Å². The number of nitrogens with one attached hydrogen (secondary N) is 1. The van der Waals surface area contributed by atoms with Crippen molar-refractivity contribution < 1.29 is 18.6 Å². The lowest BCUT2D eigenvalue weighted by atomic mass is 10.1. The van der Waals surface area contributed by atoms with Crippen LogP contribution in [0.2, 0.25) is 5.02 Å². The first kappa shape index (κ1) is 28.7. The molecule has 1 aliphatic heterocycles. The van der Waals surface area contributed by atoms with Crippen LogP contribution in [0.5, 0.6) is 17.2 Å². The lowest BCUT2D eigenvalue weighted by Gasteiger charge is -2.30. The summed E-state index contributed by atoms with van der Waals surface area (Å²) < 4.78 is 32.2. The van der Waals surface area contributed by atoms with Gasteiger partial charge >= 0.3 is 0 Å². The minimum atomic E-state index is -0.308.